The minimum atomic E-state index is 0.213. The zero-order chi connectivity index (χ0) is 17.0. The van der Waals surface area contributed by atoms with Crippen LogP contribution in [0.4, 0.5) is 5.69 Å². The summed E-state index contributed by atoms with van der Waals surface area (Å²) in [6.45, 7) is 0.291. The summed E-state index contributed by atoms with van der Waals surface area (Å²) in [5.74, 6) is 3.40. The Balaban J connectivity index is 1.59. The van der Waals surface area contributed by atoms with E-state index in [-0.39, 0.29) is 6.04 Å². The Morgan fingerprint density at radius 1 is 1.12 bits per heavy atom. The number of hydrogen-bond donors (Lipinski definition) is 1. The number of halogens is 1. The van der Waals surface area contributed by atoms with E-state index in [2.05, 4.69) is 51.6 Å². The molecule has 0 saturated carbocycles. The van der Waals surface area contributed by atoms with Gasteiger partial charge in [0.1, 0.15) is 5.75 Å². The maximum atomic E-state index is 5.59. The van der Waals surface area contributed by atoms with E-state index < -0.39 is 0 Å². The number of rotatable bonds is 2. The quantitative estimate of drug-likeness (QED) is 0.720. The molecule has 0 fully saturated rings. The van der Waals surface area contributed by atoms with E-state index in [1.807, 2.05) is 12.1 Å². The maximum absolute atomic E-state index is 5.59. The van der Waals surface area contributed by atoms with Gasteiger partial charge in [0.2, 0.25) is 6.79 Å². The summed E-state index contributed by atoms with van der Waals surface area (Å²) in [6.07, 6.45) is 5.68. The third-order valence-electron chi connectivity index (χ3n) is 5.40. The van der Waals surface area contributed by atoms with Gasteiger partial charge in [0.05, 0.1) is 13.2 Å². The van der Waals surface area contributed by atoms with Crippen LogP contribution in [0.3, 0.4) is 0 Å². The number of ether oxygens (including phenoxy) is 3. The Hall–Kier alpha value is -2.14. The van der Waals surface area contributed by atoms with E-state index in [0.29, 0.717) is 18.6 Å². The second kappa shape index (κ2) is 5.70. The highest BCUT2D eigenvalue weighted by molar-refractivity contribution is 9.10. The predicted molar refractivity (Wildman–Crippen MR) is 99.6 cm³/mol. The molecule has 0 aromatic heterocycles. The van der Waals surface area contributed by atoms with Gasteiger partial charge in [0.15, 0.2) is 11.5 Å². The number of nitrogens with one attached hydrogen (secondary N) is 1. The zero-order valence-electron chi connectivity index (χ0n) is 13.8. The van der Waals surface area contributed by atoms with Crippen LogP contribution in [0.5, 0.6) is 17.2 Å². The number of anilines is 1. The second-order valence-electron chi connectivity index (χ2n) is 6.66. The summed E-state index contributed by atoms with van der Waals surface area (Å²) in [5, 5.41) is 3.75. The lowest BCUT2D eigenvalue weighted by molar-refractivity contribution is 0.174. The smallest absolute Gasteiger partial charge is 0.231 e. The van der Waals surface area contributed by atoms with Crippen molar-refractivity contribution in [2.75, 3.05) is 19.2 Å². The normalized spacial score (nSPS) is 25.3. The van der Waals surface area contributed by atoms with Gasteiger partial charge in [-0.15, -0.1) is 0 Å². The highest BCUT2D eigenvalue weighted by Gasteiger charge is 2.39. The lowest BCUT2D eigenvalue weighted by Crippen LogP contribution is -2.29. The first-order chi connectivity index (χ1) is 12.2. The molecule has 0 bridgehead atoms. The lowest BCUT2D eigenvalue weighted by Gasteiger charge is -2.38. The summed E-state index contributed by atoms with van der Waals surface area (Å²) in [5.41, 5.74) is 3.69. The Morgan fingerprint density at radius 3 is 2.80 bits per heavy atom. The lowest BCUT2D eigenvalue weighted by atomic mass is 9.77. The molecule has 5 heteroatoms. The molecule has 0 amide bonds. The molecule has 2 aromatic carbocycles. The Morgan fingerprint density at radius 2 is 1.96 bits per heavy atom. The van der Waals surface area contributed by atoms with E-state index in [4.69, 9.17) is 14.2 Å². The monoisotopic (exact) mass is 399 g/mol. The van der Waals surface area contributed by atoms with Crippen molar-refractivity contribution in [3.8, 4) is 17.2 Å². The Kier molecular flexibility index (Phi) is 3.45. The molecule has 1 N–H and O–H groups in total. The summed E-state index contributed by atoms with van der Waals surface area (Å²) in [6, 6.07) is 10.6. The maximum Gasteiger partial charge on any atom is 0.231 e. The van der Waals surface area contributed by atoms with Gasteiger partial charge < -0.3 is 19.5 Å². The van der Waals surface area contributed by atoms with Crippen molar-refractivity contribution in [2.45, 2.75) is 18.4 Å². The van der Waals surface area contributed by atoms with Crippen LogP contribution < -0.4 is 19.5 Å². The minimum absolute atomic E-state index is 0.213. The van der Waals surface area contributed by atoms with E-state index in [0.717, 1.165) is 28.1 Å². The van der Waals surface area contributed by atoms with E-state index in [1.54, 1.807) is 7.11 Å². The fourth-order valence-electron chi connectivity index (χ4n) is 4.18. The van der Waals surface area contributed by atoms with E-state index in [1.165, 1.54) is 16.8 Å². The number of allylic oxidation sites excluding steroid dienone is 2. The van der Waals surface area contributed by atoms with Gasteiger partial charge in [-0.3, -0.25) is 0 Å². The van der Waals surface area contributed by atoms with Crippen molar-refractivity contribution in [3.05, 3.63) is 58.1 Å². The average Bonchev–Trinajstić information content (AvgIpc) is 3.29. The van der Waals surface area contributed by atoms with Gasteiger partial charge in [0.25, 0.3) is 0 Å². The second-order valence-corrected chi connectivity index (χ2v) is 7.51. The topological polar surface area (TPSA) is 39.7 Å². The molecule has 1 aliphatic carbocycles. The molecule has 5 rings (SSSR count). The molecule has 128 valence electrons. The first-order valence-corrected chi connectivity index (χ1v) is 9.24. The molecule has 0 saturated heterocycles. The largest absolute Gasteiger partial charge is 0.497 e. The highest BCUT2D eigenvalue weighted by atomic mass is 79.9. The summed E-state index contributed by atoms with van der Waals surface area (Å²) in [4.78, 5) is 0. The van der Waals surface area contributed by atoms with Crippen molar-refractivity contribution in [3.63, 3.8) is 0 Å². The standard InChI is InChI=1S/C20H18BrNO3/c1-23-11-5-6-17-14(7-11)12-3-2-4-13(12)20(22-17)15-8-18-19(9-16(15)21)25-10-24-18/h2-3,5-9,12-13,20,22H,4,10H2,1H3/t12-,13-,20+/m0/s1. The van der Waals surface area contributed by atoms with Crippen molar-refractivity contribution in [1.29, 1.82) is 0 Å². The van der Waals surface area contributed by atoms with Crippen molar-refractivity contribution in [1.82, 2.24) is 0 Å². The molecule has 2 aromatic rings. The van der Waals surface area contributed by atoms with Gasteiger partial charge in [-0.1, -0.05) is 28.1 Å². The van der Waals surface area contributed by atoms with Gasteiger partial charge in [-0.2, -0.15) is 0 Å². The fraction of sp³-hybridized carbons (Fsp3) is 0.300. The Bertz CT molecular complexity index is 879. The van der Waals surface area contributed by atoms with Crippen LogP contribution >= 0.6 is 15.9 Å². The van der Waals surface area contributed by atoms with Crippen LogP contribution in [0.25, 0.3) is 0 Å². The molecule has 2 heterocycles. The van der Waals surface area contributed by atoms with Crippen LogP contribution in [0.15, 0.2) is 47.0 Å². The van der Waals surface area contributed by atoms with Crippen LogP contribution in [0.1, 0.15) is 29.5 Å². The van der Waals surface area contributed by atoms with Gasteiger partial charge >= 0.3 is 0 Å². The van der Waals surface area contributed by atoms with E-state index in [9.17, 15) is 0 Å². The van der Waals surface area contributed by atoms with Crippen LogP contribution in [0, 0.1) is 5.92 Å². The molecule has 4 nitrogen and oxygen atoms in total. The third-order valence-corrected chi connectivity index (χ3v) is 6.08. The molecule has 3 aliphatic rings. The third kappa shape index (κ3) is 2.33. The number of benzene rings is 2. The number of hydrogen-bond acceptors (Lipinski definition) is 4. The van der Waals surface area contributed by atoms with Gasteiger partial charge in [0, 0.05) is 16.1 Å². The molecule has 0 spiro atoms. The molecule has 0 unspecified atom stereocenters. The Labute approximate surface area is 154 Å². The van der Waals surface area contributed by atoms with Crippen LogP contribution in [-0.4, -0.2) is 13.9 Å². The molecular formula is C20H18BrNO3. The van der Waals surface area contributed by atoms with E-state index >= 15 is 0 Å². The molecule has 2 aliphatic heterocycles. The summed E-state index contributed by atoms with van der Waals surface area (Å²) in [7, 11) is 1.71. The number of fused-ring (bicyclic) bond motifs is 4. The first kappa shape index (κ1) is 15.1. The molecular weight excluding hydrogens is 382 g/mol. The minimum Gasteiger partial charge on any atom is -0.497 e. The van der Waals surface area contributed by atoms with Crippen LogP contribution in [0.2, 0.25) is 0 Å². The van der Waals surface area contributed by atoms with Crippen molar-refractivity contribution >= 4 is 21.6 Å². The average molecular weight is 400 g/mol. The van der Waals surface area contributed by atoms with Crippen molar-refractivity contribution in [2.24, 2.45) is 5.92 Å². The van der Waals surface area contributed by atoms with Gasteiger partial charge in [-0.05, 0) is 53.8 Å². The first-order valence-electron chi connectivity index (χ1n) is 8.45. The highest BCUT2D eigenvalue weighted by Crippen LogP contribution is 2.52. The summed E-state index contributed by atoms with van der Waals surface area (Å²) >= 11 is 3.73. The van der Waals surface area contributed by atoms with Gasteiger partial charge in [-0.25, -0.2) is 0 Å². The number of methoxy groups -OCH3 is 1. The predicted octanol–water partition coefficient (Wildman–Crippen LogP) is 5.01. The zero-order valence-corrected chi connectivity index (χ0v) is 15.4. The fourth-order valence-corrected chi connectivity index (χ4v) is 4.75. The molecule has 0 radical (unpaired) electrons. The molecule has 3 atom stereocenters. The SMILES string of the molecule is COc1ccc2c(c1)[C@H]1C=CC[C@@H]1[C@H](c1cc3c(cc1Br)OCO3)N2. The molecule has 25 heavy (non-hydrogen) atoms. The van der Waals surface area contributed by atoms with Crippen molar-refractivity contribution < 1.29 is 14.2 Å². The summed E-state index contributed by atoms with van der Waals surface area (Å²) < 4.78 is 17.6. The van der Waals surface area contributed by atoms with Crippen LogP contribution in [-0.2, 0) is 0 Å².